The molecule has 4 nitrogen and oxygen atoms in total. The molecule has 0 unspecified atom stereocenters. The van der Waals surface area contributed by atoms with Gasteiger partial charge in [-0.1, -0.05) is 18.2 Å². The summed E-state index contributed by atoms with van der Waals surface area (Å²) in [6.07, 6.45) is 0.122. The quantitative estimate of drug-likeness (QED) is 0.791. The van der Waals surface area contributed by atoms with Crippen LogP contribution in [0.5, 0.6) is 11.5 Å². The van der Waals surface area contributed by atoms with Crippen LogP contribution in [0.4, 0.5) is 5.69 Å². The van der Waals surface area contributed by atoms with Gasteiger partial charge in [0.05, 0.1) is 19.8 Å². The van der Waals surface area contributed by atoms with Gasteiger partial charge in [-0.2, -0.15) is 0 Å². The molecule has 124 valence electrons. The molecule has 0 bridgehead atoms. The molecule has 23 heavy (non-hydrogen) atoms. The summed E-state index contributed by atoms with van der Waals surface area (Å²) in [5, 5.41) is 3.42. The van der Waals surface area contributed by atoms with Crippen molar-refractivity contribution in [1.29, 1.82) is 0 Å². The van der Waals surface area contributed by atoms with Crippen LogP contribution in [0.3, 0.4) is 0 Å². The third kappa shape index (κ3) is 5.18. The lowest BCUT2D eigenvalue weighted by Gasteiger charge is -2.15. The Balaban J connectivity index is 2.04. The lowest BCUT2D eigenvalue weighted by Crippen LogP contribution is -2.07. The number of rotatable bonds is 8. The van der Waals surface area contributed by atoms with E-state index in [4.69, 9.17) is 14.2 Å². The number of methoxy groups -OCH3 is 2. The second-order valence-electron chi connectivity index (χ2n) is 5.64. The van der Waals surface area contributed by atoms with E-state index in [2.05, 4.69) is 17.4 Å². The van der Waals surface area contributed by atoms with Crippen LogP contribution in [0.15, 0.2) is 42.5 Å². The summed E-state index contributed by atoms with van der Waals surface area (Å²) >= 11 is 0. The fourth-order valence-electron chi connectivity index (χ4n) is 2.32. The third-order valence-electron chi connectivity index (χ3n) is 3.33. The van der Waals surface area contributed by atoms with Crippen LogP contribution in [0.2, 0.25) is 0 Å². The van der Waals surface area contributed by atoms with E-state index in [9.17, 15) is 0 Å². The highest BCUT2D eigenvalue weighted by Crippen LogP contribution is 2.29. The van der Waals surface area contributed by atoms with Crippen LogP contribution in [0.1, 0.15) is 25.0 Å². The Bertz CT molecular complexity index is 626. The number of anilines is 1. The second kappa shape index (κ2) is 8.44. The van der Waals surface area contributed by atoms with Crippen molar-refractivity contribution in [2.24, 2.45) is 0 Å². The Morgan fingerprint density at radius 2 is 1.78 bits per heavy atom. The zero-order valence-corrected chi connectivity index (χ0v) is 14.3. The number of nitrogens with one attached hydrogen (secondary N) is 1. The van der Waals surface area contributed by atoms with E-state index in [-0.39, 0.29) is 6.10 Å². The first kappa shape index (κ1) is 17.2. The van der Waals surface area contributed by atoms with E-state index in [1.165, 1.54) is 0 Å². The fraction of sp³-hybridized carbons (Fsp3) is 0.368. The van der Waals surface area contributed by atoms with Gasteiger partial charge in [-0.3, -0.25) is 0 Å². The highest BCUT2D eigenvalue weighted by atomic mass is 16.5. The maximum atomic E-state index is 5.74. The van der Waals surface area contributed by atoms with Crippen molar-refractivity contribution in [1.82, 2.24) is 0 Å². The zero-order valence-electron chi connectivity index (χ0n) is 14.3. The van der Waals surface area contributed by atoms with Crippen LogP contribution in [-0.4, -0.2) is 20.3 Å². The second-order valence-corrected chi connectivity index (χ2v) is 5.64. The summed E-state index contributed by atoms with van der Waals surface area (Å²) in [5.74, 6) is 1.53. The van der Waals surface area contributed by atoms with Gasteiger partial charge in [0.2, 0.25) is 0 Å². The van der Waals surface area contributed by atoms with Gasteiger partial charge in [-0.25, -0.2) is 0 Å². The van der Waals surface area contributed by atoms with Crippen LogP contribution >= 0.6 is 0 Å². The molecule has 0 heterocycles. The Hall–Kier alpha value is -2.20. The van der Waals surface area contributed by atoms with Gasteiger partial charge in [0, 0.05) is 19.3 Å². The normalized spacial score (nSPS) is 10.7. The molecule has 0 fully saturated rings. The molecule has 0 aromatic heterocycles. The Morgan fingerprint density at radius 1 is 0.957 bits per heavy atom. The SMILES string of the molecule is COCc1cccc(NCc2ccc(OC(C)C)c(OC)c2)c1. The standard InChI is InChI=1S/C19H25NO3/c1-14(2)23-18-9-8-15(11-19(18)22-4)12-20-17-7-5-6-16(10-17)13-21-3/h5-11,14,20H,12-13H2,1-4H3. The smallest absolute Gasteiger partial charge is 0.161 e. The first-order valence-corrected chi connectivity index (χ1v) is 7.77. The number of ether oxygens (including phenoxy) is 3. The first-order valence-electron chi connectivity index (χ1n) is 7.77. The van der Waals surface area contributed by atoms with Gasteiger partial charge in [0.25, 0.3) is 0 Å². The predicted molar refractivity (Wildman–Crippen MR) is 93.2 cm³/mol. The summed E-state index contributed by atoms with van der Waals surface area (Å²) < 4.78 is 16.3. The van der Waals surface area contributed by atoms with E-state index in [0.29, 0.717) is 6.61 Å². The maximum Gasteiger partial charge on any atom is 0.161 e. The molecule has 1 N–H and O–H groups in total. The molecule has 0 aliphatic heterocycles. The summed E-state index contributed by atoms with van der Waals surface area (Å²) in [6, 6.07) is 14.2. The van der Waals surface area contributed by atoms with Gasteiger partial charge >= 0.3 is 0 Å². The molecule has 0 atom stereocenters. The van der Waals surface area contributed by atoms with E-state index in [0.717, 1.165) is 34.9 Å². The Kier molecular flexibility index (Phi) is 6.29. The molecule has 0 radical (unpaired) electrons. The molecule has 2 aromatic carbocycles. The molecule has 0 aliphatic carbocycles. The molecule has 0 aliphatic rings. The molecule has 0 saturated heterocycles. The van der Waals surface area contributed by atoms with Crippen LogP contribution in [0, 0.1) is 0 Å². The number of benzene rings is 2. The number of hydrogen-bond donors (Lipinski definition) is 1. The monoisotopic (exact) mass is 315 g/mol. The lowest BCUT2D eigenvalue weighted by atomic mass is 10.1. The maximum absolute atomic E-state index is 5.74. The molecule has 2 aromatic rings. The van der Waals surface area contributed by atoms with Crippen molar-refractivity contribution >= 4 is 5.69 Å². The molecule has 4 heteroatoms. The van der Waals surface area contributed by atoms with Gasteiger partial charge < -0.3 is 19.5 Å². The zero-order chi connectivity index (χ0) is 16.7. The van der Waals surface area contributed by atoms with Crippen molar-refractivity contribution in [2.75, 3.05) is 19.5 Å². The van der Waals surface area contributed by atoms with Gasteiger partial charge in [0.15, 0.2) is 11.5 Å². The molecule has 2 rings (SSSR count). The summed E-state index contributed by atoms with van der Waals surface area (Å²) in [4.78, 5) is 0. The van der Waals surface area contributed by atoms with Crippen LogP contribution in [0.25, 0.3) is 0 Å². The molecule has 0 spiro atoms. The van der Waals surface area contributed by atoms with Crippen molar-refractivity contribution in [2.45, 2.75) is 33.1 Å². The van der Waals surface area contributed by atoms with Gasteiger partial charge in [-0.05, 0) is 49.2 Å². The van der Waals surface area contributed by atoms with Crippen molar-refractivity contribution in [3.63, 3.8) is 0 Å². The summed E-state index contributed by atoms with van der Waals surface area (Å²) in [5.41, 5.74) is 3.35. The average molecular weight is 315 g/mol. The average Bonchev–Trinajstić information content (AvgIpc) is 2.54. The van der Waals surface area contributed by atoms with Crippen molar-refractivity contribution in [3.8, 4) is 11.5 Å². The molecule has 0 amide bonds. The molecule has 0 saturated carbocycles. The van der Waals surface area contributed by atoms with Crippen molar-refractivity contribution in [3.05, 3.63) is 53.6 Å². The Labute approximate surface area is 138 Å². The van der Waals surface area contributed by atoms with E-state index >= 15 is 0 Å². The molecular formula is C19H25NO3. The minimum absolute atomic E-state index is 0.122. The fourth-order valence-corrected chi connectivity index (χ4v) is 2.32. The lowest BCUT2D eigenvalue weighted by molar-refractivity contribution is 0.185. The van der Waals surface area contributed by atoms with Gasteiger partial charge in [-0.15, -0.1) is 0 Å². The first-order chi connectivity index (χ1) is 11.1. The minimum atomic E-state index is 0.122. The van der Waals surface area contributed by atoms with Crippen molar-refractivity contribution < 1.29 is 14.2 Å². The summed E-state index contributed by atoms with van der Waals surface area (Å²) in [6.45, 7) is 5.34. The number of hydrogen-bond acceptors (Lipinski definition) is 4. The summed E-state index contributed by atoms with van der Waals surface area (Å²) in [7, 11) is 3.36. The van der Waals surface area contributed by atoms with Crippen LogP contribution < -0.4 is 14.8 Å². The Morgan fingerprint density at radius 3 is 2.48 bits per heavy atom. The topological polar surface area (TPSA) is 39.7 Å². The van der Waals surface area contributed by atoms with Gasteiger partial charge in [0.1, 0.15) is 0 Å². The van der Waals surface area contributed by atoms with E-state index in [1.807, 2.05) is 44.2 Å². The third-order valence-corrected chi connectivity index (χ3v) is 3.33. The predicted octanol–water partition coefficient (Wildman–Crippen LogP) is 4.24. The highest BCUT2D eigenvalue weighted by molar-refractivity contribution is 5.48. The minimum Gasteiger partial charge on any atom is -0.493 e. The largest absolute Gasteiger partial charge is 0.493 e. The van der Waals surface area contributed by atoms with Crippen LogP contribution in [-0.2, 0) is 17.9 Å². The highest BCUT2D eigenvalue weighted by Gasteiger charge is 2.07. The van der Waals surface area contributed by atoms with E-state index < -0.39 is 0 Å². The van der Waals surface area contributed by atoms with E-state index in [1.54, 1.807) is 14.2 Å². The molecular weight excluding hydrogens is 290 g/mol.